The van der Waals surface area contributed by atoms with Crippen molar-refractivity contribution in [1.29, 1.82) is 0 Å². The van der Waals surface area contributed by atoms with Crippen LogP contribution in [0.4, 0.5) is 0 Å². The number of carbonyl (C=O) groups is 2. The van der Waals surface area contributed by atoms with Crippen LogP contribution >= 0.6 is 0 Å². The summed E-state index contributed by atoms with van der Waals surface area (Å²) in [5, 5.41) is 12.4. The highest BCUT2D eigenvalue weighted by Crippen LogP contribution is 2.19. The first-order valence-electron chi connectivity index (χ1n) is 5.03. The summed E-state index contributed by atoms with van der Waals surface area (Å²) >= 11 is 0. The number of hydrogen-bond acceptors (Lipinski definition) is 4. The van der Waals surface area contributed by atoms with Crippen LogP contribution in [-0.4, -0.2) is 40.1 Å². The number of nitrogens with zero attached hydrogens (tertiary/aromatic N) is 2. The zero-order valence-corrected chi connectivity index (χ0v) is 8.84. The predicted octanol–water partition coefficient (Wildman–Crippen LogP) is 0.530. The molecule has 1 unspecified atom stereocenters. The molecule has 0 radical (unpaired) electrons. The fraction of sp³-hybridized carbons (Fsp3) is 0.500. The van der Waals surface area contributed by atoms with Crippen molar-refractivity contribution >= 4 is 11.9 Å². The van der Waals surface area contributed by atoms with E-state index in [1.165, 1.54) is 4.90 Å². The summed E-state index contributed by atoms with van der Waals surface area (Å²) in [5.74, 6) is -1.44. The number of rotatable bonds is 2. The number of aliphatic carboxylic acids is 1. The number of hydrogen-bond donors (Lipinski definition) is 1. The number of carbonyl (C=O) groups excluding carboxylic acids is 1. The van der Waals surface area contributed by atoms with E-state index in [1.807, 2.05) is 0 Å². The Morgan fingerprint density at radius 1 is 1.62 bits per heavy atom. The maximum Gasteiger partial charge on any atom is 0.308 e. The van der Waals surface area contributed by atoms with E-state index in [1.54, 1.807) is 13.0 Å². The standard InChI is InChI=1S/C10H12N2O4/c1-6-4-8(16-11-6)9(13)12-3-2-7(5-12)10(14)15/h4,7H,2-3,5H2,1H3,(H,14,15). The van der Waals surface area contributed by atoms with Crippen LogP contribution in [-0.2, 0) is 4.79 Å². The largest absolute Gasteiger partial charge is 0.481 e. The van der Waals surface area contributed by atoms with Crippen molar-refractivity contribution in [2.75, 3.05) is 13.1 Å². The van der Waals surface area contributed by atoms with Crippen molar-refractivity contribution in [1.82, 2.24) is 10.1 Å². The first-order chi connectivity index (χ1) is 7.58. The lowest BCUT2D eigenvalue weighted by Gasteiger charge is -2.12. The van der Waals surface area contributed by atoms with E-state index in [-0.39, 0.29) is 18.2 Å². The van der Waals surface area contributed by atoms with Crippen molar-refractivity contribution in [3.05, 3.63) is 17.5 Å². The van der Waals surface area contributed by atoms with Gasteiger partial charge in [-0.15, -0.1) is 0 Å². The molecular formula is C10H12N2O4. The van der Waals surface area contributed by atoms with Crippen LogP contribution < -0.4 is 0 Å². The molecule has 1 amide bonds. The topological polar surface area (TPSA) is 83.6 Å². The van der Waals surface area contributed by atoms with Gasteiger partial charge in [0.2, 0.25) is 5.76 Å². The van der Waals surface area contributed by atoms with Crippen molar-refractivity contribution in [2.24, 2.45) is 5.92 Å². The second kappa shape index (κ2) is 3.96. The molecule has 1 atom stereocenters. The van der Waals surface area contributed by atoms with Gasteiger partial charge in [-0.2, -0.15) is 0 Å². The van der Waals surface area contributed by atoms with Gasteiger partial charge in [-0.1, -0.05) is 5.16 Å². The number of carboxylic acids is 1. The van der Waals surface area contributed by atoms with Crippen LogP contribution in [0.2, 0.25) is 0 Å². The van der Waals surface area contributed by atoms with Gasteiger partial charge in [-0.25, -0.2) is 0 Å². The molecule has 0 spiro atoms. The molecule has 0 aliphatic carbocycles. The Balaban J connectivity index is 2.05. The van der Waals surface area contributed by atoms with Crippen LogP contribution in [0.1, 0.15) is 22.7 Å². The van der Waals surface area contributed by atoms with Crippen LogP contribution in [0.25, 0.3) is 0 Å². The number of aromatic nitrogens is 1. The molecule has 1 saturated heterocycles. The highest BCUT2D eigenvalue weighted by Gasteiger charge is 2.32. The number of carboxylic acid groups (broad SMARTS) is 1. The minimum absolute atomic E-state index is 0.170. The summed E-state index contributed by atoms with van der Waals surface area (Å²) < 4.78 is 4.85. The van der Waals surface area contributed by atoms with Crippen molar-refractivity contribution in [3.8, 4) is 0 Å². The van der Waals surface area contributed by atoms with Crippen LogP contribution in [0, 0.1) is 12.8 Å². The van der Waals surface area contributed by atoms with E-state index >= 15 is 0 Å². The summed E-state index contributed by atoms with van der Waals surface area (Å²) in [6.45, 7) is 2.42. The third kappa shape index (κ3) is 1.91. The van der Waals surface area contributed by atoms with E-state index < -0.39 is 11.9 Å². The molecule has 0 bridgehead atoms. The van der Waals surface area contributed by atoms with Crippen LogP contribution in [0.15, 0.2) is 10.6 Å². The molecule has 1 aliphatic rings. The van der Waals surface area contributed by atoms with E-state index in [2.05, 4.69) is 5.16 Å². The Labute approximate surface area is 91.8 Å². The van der Waals surface area contributed by atoms with Gasteiger partial charge in [0.15, 0.2) is 0 Å². The zero-order valence-electron chi connectivity index (χ0n) is 8.84. The van der Waals surface area contributed by atoms with Gasteiger partial charge in [0, 0.05) is 19.2 Å². The second-order valence-electron chi connectivity index (χ2n) is 3.91. The Morgan fingerprint density at radius 3 is 2.88 bits per heavy atom. The Morgan fingerprint density at radius 2 is 2.38 bits per heavy atom. The maximum atomic E-state index is 11.8. The van der Waals surface area contributed by atoms with Crippen molar-refractivity contribution in [2.45, 2.75) is 13.3 Å². The molecule has 86 valence electrons. The normalized spacial score (nSPS) is 20.1. The summed E-state index contributed by atoms with van der Waals surface area (Å²) in [6.07, 6.45) is 0.494. The molecule has 0 aromatic carbocycles. The van der Waals surface area contributed by atoms with E-state index in [4.69, 9.17) is 9.63 Å². The Kier molecular flexibility index (Phi) is 2.64. The minimum atomic E-state index is -0.857. The average molecular weight is 224 g/mol. The monoisotopic (exact) mass is 224 g/mol. The summed E-state index contributed by atoms with van der Waals surface area (Å²) in [7, 11) is 0. The average Bonchev–Trinajstić information content (AvgIpc) is 2.84. The molecule has 1 aromatic rings. The molecule has 16 heavy (non-hydrogen) atoms. The summed E-state index contributed by atoms with van der Waals surface area (Å²) in [4.78, 5) is 24.0. The van der Waals surface area contributed by atoms with E-state index in [9.17, 15) is 9.59 Å². The lowest BCUT2D eigenvalue weighted by molar-refractivity contribution is -0.141. The lowest BCUT2D eigenvalue weighted by atomic mass is 10.1. The summed E-state index contributed by atoms with van der Waals surface area (Å²) in [6, 6.07) is 1.55. The van der Waals surface area contributed by atoms with Gasteiger partial charge < -0.3 is 14.5 Å². The van der Waals surface area contributed by atoms with Crippen LogP contribution in [0.3, 0.4) is 0 Å². The molecule has 1 fully saturated rings. The van der Waals surface area contributed by atoms with Gasteiger partial charge >= 0.3 is 5.97 Å². The zero-order chi connectivity index (χ0) is 11.7. The minimum Gasteiger partial charge on any atom is -0.481 e. The molecule has 1 N–H and O–H groups in total. The molecule has 1 aromatic heterocycles. The third-order valence-electron chi connectivity index (χ3n) is 2.66. The lowest BCUT2D eigenvalue weighted by Crippen LogP contribution is -2.29. The van der Waals surface area contributed by atoms with E-state index in [0.29, 0.717) is 18.7 Å². The molecule has 0 saturated carbocycles. The molecule has 6 heteroatoms. The first-order valence-corrected chi connectivity index (χ1v) is 5.03. The summed E-state index contributed by atoms with van der Waals surface area (Å²) in [5.41, 5.74) is 0.636. The maximum absolute atomic E-state index is 11.8. The smallest absolute Gasteiger partial charge is 0.308 e. The highest BCUT2D eigenvalue weighted by molar-refractivity contribution is 5.92. The number of aryl methyl sites for hydroxylation is 1. The molecule has 6 nitrogen and oxygen atoms in total. The van der Waals surface area contributed by atoms with Crippen molar-refractivity contribution in [3.63, 3.8) is 0 Å². The Bertz CT molecular complexity index is 426. The fourth-order valence-corrected chi connectivity index (χ4v) is 1.77. The van der Waals surface area contributed by atoms with Gasteiger partial charge in [-0.05, 0) is 13.3 Å². The van der Waals surface area contributed by atoms with Gasteiger partial charge in [0.05, 0.1) is 11.6 Å². The van der Waals surface area contributed by atoms with Crippen LogP contribution in [0.5, 0.6) is 0 Å². The highest BCUT2D eigenvalue weighted by atomic mass is 16.5. The Hall–Kier alpha value is -1.85. The first kappa shape index (κ1) is 10.7. The SMILES string of the molecule is Cc1cc(C(=O)N2CCC(C(=O)O)C2)on1. The number of likely N-dealkylation sites (tertiary alicyclic amines) is 1. The molecular weight excluding hydrogens is 212 g/mol. The second-order valence-corrected chi connectivity index (χ2v) is 3.91. The number of amides is 1. The quantitative estimate of drug-likeness (QED) is 0.792. The predicted molar refractivity (Wildman–Crippen MR) is 52.9 cm³/mol. The third-order valence-corrected chi connectivity index (χ3v) is 2.66. The van der Waals surface area contributed by atoms with Crippen molar-refractivity contribution < 1.29 is 19.2 Å². The van der Waals surface area contributed by atoms with Gasteiger partial charge in [-0.3, -0.25) is 9.59 Å². The van der Waals surface area contributed by atoms with Gasteiger partial charge in [0.25, 0.3) is 5.91 Å². The molecule has 2 heterocycles. The molecule has 1 aliphatic heterocycles. The molecule has 2 rings (SSSR count). The van der Waals surface area contributed by atoms with Gasteiger partial charge in [0.1, 0.15) is 0 Å². The van der Waals surface area contributed by atoms with E-state index in [0.717, 1.165) is 0 Å². The fourth-order valence-electron chi connectivity index (χ4n) is 1.77.